The Bertz CT molecular complexity index is 551. The Labute approximate surface area is 100 Å². The van der Waals surface area contributed by atoms with Gasteiger partial charge in [0.15, 0.2) is 0 Å². The fourth-order valence-electron chi connectivity index (χ4n) is 1.32. The van der Waals surface area contributed by atoms with Gasteiger partial charge in [-0.25, -0.2) is 4.39 Å². The number of hydrogen-bond donors (Lipinski definition) is 0. The van der Waals surface area contributed by atoms with Gasteiger partial charge >= 0.3 is 0 Å². The van der Waals surface area contributed by atoms with E-state index < -0.39 is 5.82 Å². The molecule has 5 heteroatoms. The Morgan fingerprint density at radius 3 is 2.75 bits per heavy atom. The third-order valence-electron chi connectivity index (χ3n) is 2.13. The quantitative estimate of drug-likeness (QED) is 0.794. The first-order chi connectivity index (χ1) is 7.58. The highest BCUT2D eigenvalue weighted by atomic mass is 79.9. The first kappa shape index (κ1) is 11.0. The van der Waals surface area contributed by atoms with Gasteiger partial charge in [-0.3, -0.25) is 9.48 Å². The molecule has 2 rings (SSSR count). The zero-order valence-corrected chi connectivity index (χ0v) is 10.0. The molecule has 2 aromatic rings. The molecular formula is C11H8BrFN2O. The second-order valence-electron chi connectivity index (χ2n) is 3.33. The summed E-state index contributed by atoms with van der Waals surface area (Å²) < 4.78 is 14.8. The minimum atomic E-state index is -0.391. The van der Waals surface area contributed by atoms with Gasteiger partial charge in [0.05, 0.1) is 4.47 Å². The summed E-state index contributed by atoms with van der Waals surface area (Å²) in [6.45, 7) is 0. The average molecular weight is 283 g/mol. The summed E-state index contributed by atoms with van der Waals surface area (Å²) in [5.41, 5.74) is 0.757. The van der Waals surface area contributed by atoms with E-state index in [1.165, 1.54) is 18.2 Å². The number of hydrogen-bond acceptors (Lipinski definition) is 2. The molecule has 0 N–H and O–H groups in total. The molecule has 82 valence electrons. The van der Waals surface area contributed by atoms with E-state index in [1.807, 2.05) is 0 Å². The lowest BCUT2D eigenvalue weighted by atomic mass is 10.1. The number of ketones is 1. The van der Waals surface area contributed by atoms with Crippen LogP contribution in [0.1, 0.15) is 16.1 Å². The van der Waals surface area contributed by atoms with E-state index in [-0.39, 0.29) is 10.3 Å². The molecule has 0 aliphatic heterocycles. The largest absolute Gasteiger partial charge is 0.287 e. The van der Waals surface area contributed by atoms with Gasteiger partial charge in [0, 0.05) is 18.8 Å². The zero-order chi connectivity index (χ0) is 11.7. The van der Waals surface area contributed by atoms with E-state index in [0.29, 0.717) is 11.3 Å². The first-order valence-corrected chi connectivity index (χ1v) is 5.36. The highest BCUT2D eigenvalue weighted by Crippen LogP contribution is 2.18. The number of halogens is 2. The van der Waals surface area contributed by atoms with Crippen LogP contribution in [-0.2, 0) is 7.05 Å². The van der Waals surface area contributed by atoms with E-state index in [4.69, 9.17) is 0 Å². The van der Waals surface area contributed by atoms with Crippen molar-refractivity contribution in [3.63, 3.8) is 0 Å². The summed E-state index contributed by atoms with van der Waals surface area (Å²) in [5, 5.41) is 4.00. The van der Waals surface area contributed by atoms with Crippen LogP contribution >= 0.6 is 15.9 Å². The highest BCUT2D eigenvalue weighted by molar-refractivity contribution is 9.10. The van der Waals surface area contributed by atoms with Crippen LogP contribution in [0.2, 0.25) is 0 Å². The summed E-state index contributed by atoms with van der Waals surface area (Å²) in [7, 11) is 1.73. The first-order valence-electron chi connectivity index (χ1n) is 4.57. The summed E-state index contributed by atoms with van der Waals surface area (Å²) >= 11 is 3.04. The number of nitrogens with zero attached hydrogens (tertiary/aromatic N) is 2. The van der Waals surface area contributed by atoms with Gasteiger partial charge in [-0.2, -0.15) is 5.10 Å². The molecule has 16 heavy (non-hydrogen) atoms. The topological polar surface area (TPSA) is 34.9 Å². The number of rotatable bonds is 2. The van der Waals surface area contributed by atoms with Crippen molar-refractivity contribution in [3.8, 4) is 0 Å². The lowest BCUT2D eigenvalue weighted by molar-refractivity contribution is 0.103. The molecule has 0 bridgehead atoms. The molecule has 0 radical (unpaired) electrons. The Morgan fingerprint density at radius 1 is 1.44 bits per heavy atom. The van der Waals surface area contributed by atoms with Gasteiger partial charge in [-0.15, -0.1) is 0 Å². The Hall–Kier alpha value is -1.49. The van der Waals surface area contributed by atoms with Crippen LogP contribution < -0.4 is 0 Å². The van der Waals surface area contributed by atoms with Gasteiger partial charge in [-0.05, 0) is 40.2 Å². The average Bonchev–Trinajstić information content (AvgIpc) is 2.68. The minimum Gasteiger partial charge on any atom is -0.287 e. The van der Waals surface area contributed by atoms with Gasteiger partial charge in [0.1, 0.15) is 11.5 Å². The van der Waals surface area contributed by atoms with Crippen molar-refractivity contribution in [1.82, 2.24) is 9.78 Å². The molecule has 0 spiro atoms. The number of carbonyl (C=O) groups is 1. The fraction of sp³-hybridized carbons (Fsp3) is 0.0909. The maximum absolute atomic E-state index is 13.0. The monoisotopic (exact) mass is 282 g/mol. The molecule has 1 heterocycles. The molecule has 0 saturated heterocycles. The Kier molecular flexibility index (Phi) is 2.87. The van der Waals surface area contributed by atoms with Crippen molar-refractivity contribution in [3.05, 3.63) is 52.0 Å². The van der Waals surface area contributed by atoms with Gasteiger partial charge in [-0.1, -0.05) is 0 Å². The molecule has 0 amide bonds. The SMILES string of the molecule is Cn1ccc(C(=O)c2ccc(F)c(Br)c2)n1. The van der Waals surface area contributed by atoms with Crippen LogP contribution in [0.3, 0.4) is 0 Å². The second-order valence-corrected chi connectivity index (χ2v) is 4.19. The van der Waals surface area contributed by atoms with Crippen LogP contribution in [0.4, 0.5) is 4.39 Å². The number of aryl methyl sites for hydroxylation is 1. The molecular weight excluding hydrogens is 275 g/mol. The fourth-order valence-corrected chi connectivity index (χ4v) is 1.70. The van der Waals surface area contributed by atoms with E-state index in [2.05, 4.69) is 21.0 Å². The molecule has 1 aromatic heterocycles. The normalized spacial score (nSPS) is 10.4. The van der Waals surface area contributed by atoms with Crippen LogP contribution in [-0.4, -0.2) is 15.6 Å². The molecule has 0 atom stereocenters. The molecule has 0 aliphatic carbocycles. The number of carbonyl (C=O) groups excluding carboxylic acids is 1. The Morgan fingerprint density at radius 2 is 2.19 bits per heavy atom. The third-order valence-corrected chi connectivity index (χ3v) is 2.74. The standard InChI is InChI=1S/C11H8BrFN2O/c1-15-5-4-10(14-15)11(16)7-2-3-9(13)8(12)6-7/h2-6H,1H3. The van der Waals surface area contributed by atoms with Crippen LogP contribution in [0, 0.1) is 5.82 Å². The van der Waals surface area contributed by atoms with Crippen molar-refractivity contribution in [2.75, 3.05) is 0 Å². The van der Waals surface area contributed by atoms with E-state index in [9.17, 15) is 9.18 Å². The molecule has 0 fully saturated rings. The van der Waals surface area contributed by atoms with Crippen LogP contribution in [0.25, 0.3) is 0 Å². The molecule has 0 saturated carbocycles. The zero-order valence-electron chi connectivity index (χ0n) is 8.45. The molecule has 0 aliphatic rings. The van der Waals surface area contributed by atoms with Crippen LogP contribution in [0.15, 0.2) is 34.9 Å². The Balaban J connectivity index is 2.38. The lowest BCUT2D eigenvalue weighted by Crippen LogP contribution is -2.03. The van der Waals surface area contributed by atoms with Gasteiger partial charge in [0.2, 0.25) is 5.78 Å². The minimum absolute atomic E-state index is 0.221. The lowest BCUT2D eigenvalue weighted by Gasteiger charge is -1.99. The van der Waals surface area contributed by atoms with E-state index >= 15 is 0 Å². The van der Waals surface area contributed by atoms with Crippen molar-refractivity contribution < 1.29 is 9.18 Å². The van der Waals surface area contributed by atoms with Crippen LogP contribution in [0.5, 0.6) is 0 Å². The second kappa shape index (κ2) is 4.17. The van der Waals surface area contributed by atoms with Crippen molar-refractivity contribution in [1.29, 1.82) is 0 Å². The maximum atomic E-state index is 13.0. The summed E-state index contributed by atoms with van der Waals surface area (Å²) in [5.74, 6) is -0.612. The summed E-state index contributed by atoms with van der Waals surface area (Å²) in [6.07, 6.45) is 1.69. The van der Waals surface area contributed by atoms with Crippen molar-refractivity contribution in [2.24, 2.45) is 7.05 Å². The predicted molar refractivity (Wildman–Crippen MR) is 60.7 cm³/mol. The van der Waals surface area contributed by atoms with Crippen molar-refractivity contribution in [2.45, 2.75) is 0 Å². The van der Waals surface area contributed by atoms with Crippen molar-refractivity contribution >= 4 is 21.7 Å². The summed E-state index contributed by atoms with van der Waals surface area (Å²) in [6, 6.07) is 5.77. The number of aromatic nitrogens is 2. The van der Waals surface area contributed by atoms with E-state index in [1.54, 1.807) is 24.0 Å². The van der Waals surface area contributed by atoms with Gasteiger partial charge in [0.25, 0.3) is 0 Å². The molecule has 3 nitrogen and oxygen atoms in total. The van der Waals surface area contributed by atoms with Gasteiger partial charge < -0.3 is 0 Å². The third kappa shape index (κ3) is 2.04. The highest BCUT2D eigenvalue weighted by Gasteiger charge is 2.13. The summed E-state index contributed by atoms with van der Waals surface area (Å²) in [4.78, 5) is 11.9. The molecule has 0 unspecified atom stereocenters. The number of benzene rings is 1. The van der Waals surface area contributed by atoms with E-state index in [0.717, 1.165) is 0 Å². The smallest absolute Gasteiger partial charge is 0.213 e. The molecule has 1 aromatic carbocycles. The maximum Gasteiger partial charge on any atom is 0.213 e. The predicted octanol–water partition coefficient (Wildman–Crippen LogP) is 2.55.